The molecular weight excluding hydrogens is 332 g/mol. The minimum Gasteiger partial charge on any atom is -0.378 e. The van der Waals surface area contributed by atoms with E-state index >= 15 is 0 Å². The number of nitrogens with one attached hydrogen (secondary N) is 2. The molecule has 21 heavy (non-hydrogen) atoms. The van der Waals surface area contributed by atoms with Gasteiger partial charge in [0.2, 0.25) is 0 Å². The van der Waals surface area contributed by atoms with Crippen LogP contribution in [0, 0.1) is 0 Å². The van der Waals surface area contributed by atoms with Gasteiger partial charge in [-0.1, -0.05) is 0 Å². The predicted molar refractivity (Wildman–Crippen MR) is 90.2 cm³/mol. The standard InChI is InChI=1S/C15H17BrN4O/c1-17-14-13(8-10(16)9-18-14)15(21)19-11-4-6-12(7-5-11)20(2)3/h4-9H,1-3H3,(H,17,18)(H,19,21). The van der Waals surface area contributed by atoms with Gasteiger partial charge in [0.1, 0.15) is 5.82 Å². The summed E-state index contributed by atoms with van der Waals surface area (Å²) < 4.78 is 0.759. The van der Waals surface area contributed by atoms with Gasteiger partial charge in [-0.15, -0.1) is 0 Å². The predicted octanol–water partition coefficient (Wildman–Crippen LogP) is 3.20. The van der Waals surface area contributed by atoms with Gasteiger partial charge in [-0.05, 0) is 46.3 Å². The minimum absolute atomic E-state index is 0.203. The Hall–Kier alpha value is -2.08. The zero-order valence-corrected chi connectivity index (χ0v) is 13.7. The molecular formula is C15H17BrN4O. The molecule has 110 valence electrons. The van der Waals surface area contributed by atoms with Crippen molar-refractivity contribution >= 4 is 39.0 Å². The number of nitrogens with zero attached hydrogens (tertiary/aromatic N) is 2. The van der Waals surface area contributed by atoms with Gasteiger partial charge in [0, 0.05) is 43.2 Å². The van der Waals surface area contributed by atoms with E-state index < -0.39 is 0 Å². The Morgan fingerprint density at radius 3 is 2.48 bits per heavy atom. The van der Waals surface area contributed by atoms with E-state index in [-0.39, 0.29) is 5.91 Å². The number of anilines is 3. The topological polar surface area (TPSA) is 57.3 Å². The van der Waals surface area contributed by atoms with Gasteiger partial charge >= 0.3 is 0 Å². The van der Waals surface area contributed by atoms with Gasteiger partial charge in [0.15, 0.2) is 0 Å². The van der Waals surface area contributed by atoms with Crippen LogP contribution in [0.25, 0.3) is 0 Å². The zero-order valence-electron chi connectivity index (χ0n) is 12.1. The summed E-state index contributed by atoms with van der Waals surface area (Å²) in [5.74, 6) is 0.339. The van der Waals surface area contributed by atoms with E-state index in [0.29, 0.717) is 11.4 Å². The first-order chi connectivity index (χ1) is 10.0. The number of hydrogen-bond acceptors (Lipinski definition) is 4. The molecule has 0 unspecified atom stereocenters. The van der Waals surface area contributed by atoms with Crippen molar-refractivity contribution in [2.75, 3.05) is 36.7 Å². The molecule has 0 spiro atoms. The molecule has 2 N–H and O–H groups in total. The number of rotatable bonds is 4. The Morgan fingerprint density at radius 2 is 1.90 bits per heavy atom. The summed E-state index contributed by atoms with van der Waals surface area (Å²) in [5, 5.41) is 5.78. The monoisotopic (exact) mass is 348 g/mol. The van der Waals surface area contributed by atoms with E-state index in [0.717, 1.165) is 15.8 Å². The van der Waals surface area contributed by atoms with Gasteiger partial charge < -0.3 is 15.5 Å². The van der Waals surface area contributed by atoms with E-state index in [9.17, 15) is 4.79 Å². The van der Waals surface area contributed by atoms with Gasteiger partial charge in [0.05, 0.1) is 5.56 Å². The highest BCUT2D eigenvalue weighted by molar-refractivity contribution is 9.10. The lowest BCUT2D eigenvalue weighted by Gasteiger charge is -2.13. The number of aromatic nitrogens is 1. The number of carbonyl (C=O) groups is 1. The van der Waals surface area contributed by atoms with Crippen LogP contribution >= 0.6 is 15.9 Å². The van der Waals surface area contributed by atoms with Gasteiger partial charge in [-0.25, -0.2) is 4.98 Å². The smallest absolute Gasteiger partial charge is 0.259 e. The molecule has 0 aliphatic rings. The van der Waals surface area contributed by atoms with Crippen LogP contribution in [-0.4, -0.2) is 32.0 Å². The molecule has 0 bridgehead atoms. The fraction of sp³-hybridized carbons (Fsp3) is 0.200. The second-order valence-electron chi connectivity index (χ2n) is 4.70. The van der Waals surface area contributed by atoms with Crippen molar-refractivity contribution < 1.29 is 4.79 Å². The third-order valence-corrected chi connectivity index (χ3v) is 3.41. The number of halogens is 1. The van der Waals surface area contributed by atoms with Crippen LogP contribution in [0.1, 0.15) is 10.4 Å². The molecule has 0 atom stereocenters. The molecule has 0 aliphatic heterocycles. The largest absolute Gasteiger partial charge is 0.378 e. The number of benzene rings is 1. The van der Waals surface area contributed by atoms with Crippen LogP contribution in [0.5, 0.6) is 0 Å². The highest BCUT2D eigenvalue weighted by Crippen LogP contribution is 2.20. The summed E-state index contributed by atoms with van der Waals surface area (Å²) in [6.07, 6.45) is 1.65. The molecule has 0 aliphatic carbocycles. The summed E-state index contributed by atoms with van der Waals surface area (Å²) in [7, 11) is 5.68. The van der Waals surface area contributed by atoms with Gasteiger partial charge in [-0.3, -0.25) is 4.79 Å². The normalized spacial score (nSPS) is 10.1. The average molecular weight is 349 g/mol. The lowest BCUT2D eigenvalue weighted by Crippen LogP contribution is -2.15. The Balaban J connectivity index is 2.19. The van der Waals surface area contributed by atoms with Crippen LogP contribution < -0.4 is 15.5 Å². The third kappa shape index (κ3) is 3.72. The molecule has 0 radical (unpaired) electrons. The van der Waals surface area contributed by atoms with Crippen molar-refractivity contribution in [3.63, 3.8) is 0 Å². The molecule has 2 aromatic rings. The first kappa shape index (κ1) is 15.3. The number of carbonyl (C=O) groups excluding carboxylic acids is 1. The van der Waals surface area contributed by atoms with Gasteiger partial charge in [0.25, 0.3) is 5.91 Å². The fourth-order valence-corrected chi connectivity index (χ4v) is 2.18. The van der Waals surface area contributed by atoms with Crippen molar-refractivity contribution in [1.29, 1.82) is 0 Å². The number of amides is 1. The number of pyridine rings is 1. The molecule has 1 heterocycles. The van der Waals surface area contributed by atoms with E-state index in [2.05, 4.69) is 31.5 Å². The molecule has 5 nitrogen and oxygen atoms in total. The summed E-state index contributed by atoms with van der Waals surface area (Å²) in [5.41, 5.74) is 2.31. The molecule has 0 saturated carbocycles. The Labute approximate surface area is 132 Å². The van der Waals surface area contributed by atoms with Crippen molar-refractivity contribution in [2.45, 2.75) is 0 Å². The maximum Gasteiger partial charge on any atom is 0.259 e. The molecule has 1 amide bonds. The van der Waals surface area contributed by atoms with Crippen molar-refractivity contribution in [3.05, 3.63) is 46.6 Å². The second-order valence-corrected chi connectivity index (χ2v) is 5.61. The Bertz CT molecular complexity index is 641. The van der Waals surface area contributed by atoms with Crippen LogP contribution in [0.2, 0.25) is 0 Å². The quantitative estimate of drug-likeness (QED) is 0.890. The van der Waals surface area contributed by atoms with Crippen LogP contribution in [0.3, 0.4) is 0 Å². The maximum atomic E-state index is 12.3. The summed E-state index contributed by atoms with van der Waals surface area (Å²) in [6.45, 7) is 0. The molecule has 0 fully saturated rings. The zero-order chi connectivity index (χ0) is 15.4. The highest BCUT2D eigenvalue weighted by Gasteiger charge is 2.13. The highest BCUT2D eigenvalue weighted by atomic mass is 79.9. The van der Waals surface area contributed by atoms with Gasteiger partial charge in [-0.2, -0.15) is 0 Å². The lowest BCUT2D eigenvalue weighted by atomic mass is 10.2. The van der Waals surface area contributed by atoms with Crippen LogP contribution in [0.4, 0.5) is 17.2 Å². The first-order valence-corrected chi connectivity index (χ1v) is 7.22. The van der Waals surface area contributed by atoms with Crippen molar-refractivity contribution in [3.8, 4) is 0 Å². The van der Waals surface area contributed by atoms with Crippen molar-refractivity contribution in [2.24, 2.45) is 0 Å². The second kappa shape index (κ2) is 6.58. The minimum atomic E-state index is -0.203. The van der Waals surface area contributed by atoms with E-state index in [1.807, 2.05) is 43.3 Å². The fourth-order valence-electron chi connectivity index (χ4n) is 1.85. The molecule has 0 saturated heterocycles. The SMILES string of the molecule is CNc1ncc(Br)cc1C(=O)Nc1ccc(N(C)C)cc1. The Kier molecular flexibility index (Phi) is 4.80. The molecule has 1 aromatic heterocycles. The van der Waals surface area contributed by atoms with Crippen LogP contribution in [0.15, 0.2) is 41.0 Å². The Morgan fingerprint density at radius 1 is 1.24 bits per heavy atom. The molecule has 2 rings (SSSR count). The van der Waals surface area contributed by atoms with E-state index in [1.165, 1.54) is 0 Å². The third-order valence-electron chi connectivity index (χ3n) is 2.98. The maximum absolute atomic E-state index is 12.3. The summed E-state index contributed by atoms with van der Waals surface area (Å²) >= 11 is 3.33. The van der Waals surface area contributed by atoms with E-state index in [1.54, 1.807) is 19.3 Å². The number of hydrogen-bond donors (Lipinski definition) is 2. The summed E-state index contributed by atoms with van der Waals surface area (Å²) in [6, 6.07) is 9.39. The average Bonchev–Trinajstić information content (AvgIpc) is 2.47. The van der Waals surface area contributed by atoms with E-state index in [4.69, 9.17) is 0 Å². The molecule has 6 heteroatoms. The van der Waals surface area contributed by atoms with Crippen molar-refractivity contribution in [1.82, 2.24) is 4.98 Å². The summed E-state index contributed by atoms with van der Waals surface area (Å²) in [4.78, 5) is 18.5. The lowest BCUT2D eigenvalue weighted by molar-refractivity contribution is 0.102. The molecule has 1 aromatic carbocycles. The van der Waals surface area contributed by atoms with Crippen LogP contribution in [-0.2, 0) is 0 Å². The first-order valence-electron chi connectivity index (χ1n) is 6.43.